The molecule has 1 aliphatic heterocycles. The van der Waals surface area contributed by atoms with E-state index >= 15 is 0 Å². The van der Waals surface area contributed by atoms with Crippen LogP contribution in [0.25, 0.3) is 0 Å². The van der Waals surface area contributed by atoms with E-state index in [1.54, 1.807) is 23.4 Å². The zero-order chi connectivity index (χ0) is 16.1. The highest BCUT2D eigenvalue weighted by Crippen LogP contribution is 2.20. The summed E-state index contributed by atoms with van der Waals surface area (Å²) in [5.74, 6) is 0.755. The number of carbonyl (C=O) groups excluding carboxylic acids is 1. The highest BCUT2D eigenvalue weighted by molar-refractivity contribution is 5.78. The lowest BCUT2D eigenvalue weighted by molar-refractivity contribution is -0.134. The van der Waals surface area contributed by atoms with Crippen LogP contribution in [0.4, 0.5) is 0 Å². The molecule has 7 nitrogen and oxygen atoms in total. The minimum atomic E-state index is 0.0237. The molecule has 23 heavy (non-hydrogen) atoms. The van der Waals surface area contributed by atoms with Gasteiger partial charge in [-0.05, 0) is 18.2 Å². The van der Waals surface area contributed by atoms with Gasteiger partial charge in [0.05, 0.1) is 37.9 Å². The number of rotatable bonds is 7. The lowest BCUT2D eigenvalue weighted by Gasteiger charge is -2.39. The van der Waals surface area contributed by atoms with Gasteiger partial charge in [0.2, 0.25) is 5.91 Å². The fraction of sp³-hybridized carbons (Fsp3) is 0.438. The van der Waals surface area contributed by atoms with Crippen LogP contribution in [0.5, 0.6) is 0 Å². The van der Waals surface area contributed by atoms with Crippen molar-refractivity contribution in [2.75, 3.05) is 26.2 Å². The average Bonchev–Trinajstić information content (AvgIpc) is 3.19. The van der Waals surface area contributed by atoms with Crippen molar-refractivity contribution < 1.29 is 9.21 Å². The van der Waals surface area contributed by atoms with Gasteiger partial charge in [-0.2, -0.15) is 10.4 Å². The number of amides is 1. The smallest absolute Gasteiger partial charge is 0.237 e. The molecule has 120 valence electrons. The van der Waals surface area contributed by atoms with Crippen molar-refractivity contribution in [3.05, 3.63) is 42.6 Å². The number of hydrogen-bond acceptors (Lipinski definition) is 5. The minimum absolute atomic E-state index is 0.0237. The zero-order valence-electron chi connectivity index (χ0n) is 12.8. The van der Waals surface area contributed by atoms with Crippen LogP contribution in [0.1, 0.15) is 18.2 Å². The summed E-state index contributed by atoms with van der Waals surface area (Å²) in [6, 6.07) is 7.97. The van der Waals surface area contributed by atoms with Crippen LogP contribution in [0.15, 0.2) is 41.3 Å². The van der Waals surface area contributed by atoms with E-state index in [1.165, 1.54) is 0 Å². The summed E-state index contributed by atoms with van der Waals surface area (Å²) < 4.78 is 7.23. The van der Waals surface area contributed by atoms with E-state index in [2.05, 4.69) is 16.1 Å². The maximum atomic E-state index is 12.5. The number of aromatic nitrogens is 2. The third kappa shape index (κ3) is 3.79. The zero-order valence-corrected chi connectivity index (χ0v) is 12.8. The van der Waals surface area contributed by atoms with Crippen LogP contribution in [-0.2, 0) is 11.3 Å². The molecule has 0 spiro atoms. The molecular formula is C16H19N5O2. The standard InChI is InChI=1S/C16H19N5O2/c17-5-2-7-20(12-15-4-1-9-23-15)16(22)13-19-10-14(11-19)21-8-3-6-18-21/h1,3-4,6,8-9,14H,2,7,10-13H2. The van der Waals surface area contributed by atoms with Gasteiger partial charge in [0.15, 0.2) is 0 Å². The highest BCUT2D eigenvalue weighted by Gasteiger charge is 2.31. The maximum Gasteiger partial charge on any atom is 0.237 e. The Morgan fingerprint density at radius 2 is 2.35 bits per heavy atom. The number of furan rings is 1. The Kier molecular flexibility index (Phi) is 4.74. The van der Waals surface area contributed by atoms with E-state index in [9.17, 15) is 4.79 Å². The van der Waals surface area contributed by atoms with Gasteiger partial charge in [-0.15, -0.1) is 0 Å². The lowest BCUT2D eigenvalue weighted by Crippen LogP contribution is -2.52. The summed E-state index contributed by atoms with van der Waals surface area (Å²) in [6.45, 7) is 2.83. The molecule has 2 aromatic rings. The number of hydrogen-bond donors (Lipinski definition) is 0. The number of likely N-dealkylation sites (tertiary alicyclic amines) is 1. The molecule has 2 aromatic heterocycles. The second-order valence-corrected chi connectivity index (χ2v) is 5.64. The Morgan fingerprint density at radius 1 is 1.48 bits per heavy atom. The molecule has 0 radical (unpaired) electrons. The summed E-state index contributed by atoms with van der Waals surface area (Å²) in [5, 5.41) is 13.0. The second-order valence-electron chi connectivity index (χ2n) is 5.64. The van der Waals surface area contributed by atoms with Crippen molar-refractivity contribution in [3.8, 4) is 6.07 Å². The second kappa shape index (κ2) is 7.11. The first kappa shape index (κ1) is 15.3. The van der Waals surface area contributed by atoms with Gasteiger partial charge in [-0.1, -0.05) is 0 Å². The van der Waals surface area contributed by atoms with E-state index in [4.69, 9.17) is 9.68 Å². The Hall–Kier alpha value is -2.59. The van der Waals surface area contributed by atoms with Crippen LogP contribution in [0.3, 0.4) is 0 Å². The van der Waals surface area contributed by atoms with Crippen LogP contribution >= 0.6 is 0 Å². The van der Waals surface area contributed by atoms with Crippen molar-refractivity contribution in [1.29, 1.82) is 5.26 Å². The predicted molar refractivity (Wildman–Crippen MR) is 82.1 cm³/mol. The van der Waals surface area contributed by atoms with E-state index in [-0.39, 0.29) is 5.91 Å². The molecule has 3 rings (SSSR count). The van der Waals surface area contributed by atoms with Gasteiger partial charge in [0.1, 0.15) is 5.76 Å². The topological polar surface area (TPSA) is 78.3 Å². The Balaban J connectivity index is 1.51. The van der Waals surface area contributed by atoms with Crippen LogP contribution < -0.4 is 0 Å². The first-order valence-electron chi connectivity index (χ1n) is 7.65. The summed E-state index contributed by atoms with van der Waals surface area (Å²) >= 11 is 0. The highest BCUT2D eigenvalue weighted by atomic mass is 16.3. The lowest BCUT2D eigenvalue weighted by atomic mass is 10.1. The number of nitriles is 1. The van der Waals surface area contributed by atoms with Gasteiger partial charge in [0.25, 0.3) is 0 Å². The molecule has 1 amide bonds. The predicted octanol–water partition coefficient (Wildman–Crippen LogP) is 1.28. The Bertz CT molecular complexity index is 653. The van der Waals surface area contributed by atoms with Gasteiger partial charge >= 0.3 is 0 Å². The Labute approximate surface area is 134 Å². The van der Waals surface area contributed by atoms with Gasteiger partial charge in [0, 0.05) is 32.0 Å². The summed E-state index contributed by atoms with van der Waals surface area (Å²) in [4.78, 5) is 16.3. The van der Waals surface area contributed by atoms with Crippen LogP contribution in [0, 0.1) is 11.3 Å². The maximum absolute atomic E-state index is 12.5. The van der Waals surface area contributed by atoms with Crippen LogP contribution in [0.2, 0.25) is 0 Å². The fourth-order valence-electron chi connectivity index (χ4n) is 2.69. The molecule has 0 atom stereocenters. The molecule has 0 aliphatic carbocycles. The number of nitrogens with zero attached hydrogens (tertiary/aromatic N) is 5. The summed E-state index contributed by atoms with van der Waals surface area (Å²) in [7, 11) is 0. The van der Waals surface area contributed by atoms with Gasteiger partial charge < -0.3 is 9.32 Å². The fourth-order valence-corrected chi connectivity index (χ4v) is 2.69. The van der Waals surface area contributed by atoms with Crippen molar-refractivity contribution in [2.24, 2.45) is 0 Å². The van der Waals surface area contributed by atoms with Crippen LogP contribution in [-0.4, -0.2) is 51.7 Å². The number of carbonyl (C=O) groups is 1. The van der Waals surface area contributed by atoms with E-state index < -0.39 is 0 Å². The molecule has 0 saturated carbocycles. The molecule has 3 heterocycles. The molecule has 1 fully saturated rings. The summed E-state index contributed by atoms with van der Waals surface area (Å²) in [6.07, 6.45) is 5.62. The third-order valence-electron chi connectivity index (χ3n) is 3.97. The molecule has 0 aromatic carbocycles. The first-order valence-corrected chi connectivity index (χ1v) is 7.65. The molecular weight excluding hydrogens is 294 g/mol. The van der Waals surface area contributed by atoms with Gasteiger partial charge in [-0.25, -0.2) is 0 Å². The molecule has 1 aliphatic rings. The van der Waals surface area contributed by atoms with Crippen molar-refractivity contribution >= 4 is 5.91 Å². The van der Waals surface area contributed by atoms with E-state index in [1.807, 2.05) is 23.0 Å². The molecule has 0 bridgehead atoms. The largest absolute Gasteiger partial charge is 0.467 e. The van der Waals surface area contributed by atoms with E-state index in [0.29, 0.717) is 32.1 Å². The SMILES string of the molecule is N#CCCN(Cc1ccco1)C(=O)CN1CC(n2cccn2)C1. The van der Waals surface area contributed by atoms with E-state index in [0.717, 1.165) is 18.8 Å². The van der Waals surface area contributed by atoms with Crippen molar-refractivity contribution in [1.82, 2.24) is 19.6 Å². The molecule has 0 N–H and O–H groups in total. The quantitative estimate of drug-likeness (QED) is 0.769. The third-order valence-corrected chi connectivity index (χ3v) is 3.97. The monoisotopic (exact) mass is 313 g/mol. The van der Waals surface area contributed by atoms with Crippen molar-refractivity contribution in [3.63, 3.8) is 0 Å². The van der Waals surface area contributed by atoms with Crippen molar-refractivity contribution in [2.45, 2.75) is 19.0 Å². The normalized spacial score (nSPS) is 15.1. The average molecular weight is 313 g/mol. The minimum Gasteiger partial charge on any atom is -0.467 e. The molecule has 0 unspecified atom stereocenters. The summed E-state index contributed by atoms with van der Waals surface area (Å²) in [5.41, 5.74) is 0. The Morgan fingerprint density at radius 3 is 3.00 bits per heavy atom. The first-order chi connectivity index (χ1) is 11.3. The molecule has 7 heteroatoms. The molecule has 1 saturated heterocycles. The van der Waals surface area contributed by atoms with Gasteiger partial charge in [-0.3, -0.25) is 14.4 Å².